The number of amides is 1. The van der Waals surface area contributed by atoms with Gasteiger partial charge in [0.1, 0.15) is 23.3 Å². The number of thioether (sulfide) groups is 1. The molecular weight excluding hydrogens is 366 g/mol. The first-order chi connectivity index (χ1) is 14.6. The average molecular weight is 401 g/mol. The molecule has 0 bridgehead atoms. The monoisotopic (exact) mass is 400 g/mol. The molecule has 1 saturated carbocycles. The lowest BCUT2D eigenvalue weighted by Gasteiger charge is -2.23. The highest BCUT2D eigenvalue weighted by Gasteiger charge is 2.28. The smallest absolute Gasteiger partial charge is 0.408 e. The van der Waals surface area contributed by atoms with Gasteiger partial charge in [0.15, 0.2) is 0 Å². The molecule has 0 heterocycles. The van der Waals surface area contributed by atoms with E-state index in [1.54, 1.807) is 32.9 Å². The highest BCUT2D eigenvalue weighted by atomic mass is 32.2. The third kappa shape index (κ3) is 8.56. The Morgan fingerprint density at radius 3 is 2.63 bits per heavy atom. The van der Waals surface area contributed by atoms with Crippen LogP contribution in [0.25, 0.3) is 0 Å². The van der Waals surface area contributed by atoms with E-state index in [1.165, 1.54) is 12.1 Å². The summed E-state index contributed by atoms with van der Waals surface area (Å²) >= 11 is 0.0852. The Bertz CT molecular complexity index is 791. The summed E-state index contributed by atoms with van der Waals surface area (Å²) in [5.74, 6) is -2.50. The van der Waals surface area contributed by atoms with Gasteiger partial charge in [0.2, 0.25) is 0 Å². The second kappa shape index (κ2) is 9.88. The third-order valence-electron chi connectivity index (χ3n) is 3.70. The number of hydrogen-bond acceptors (Lipinski definition) is 6. The topological polar surface area (TPSA) is 73.9 Å². The van der Waals surface area contributed by atoms with E-state index in [0.29, 0.717) is 18.1 Å². The number of rotatable bonds is 9. The maximum atomic E-state index is 12.5. The molecule has 0 aliphatic heterocycles. The Morgan fingerprint density at radius 2 is 2.04 bits per heavy atom. The van der Waals surface area contributed by atoms with Crippen molar-refractivity contribution < 1.29 is 30.7 Å². The SMILES string of the molecule is [2H]C([2H])([2H])SC([2H])([2H])Oc1ccc(C[C@@H](NC(=O)OC(C)(C)C)C(=O)OCC2CC2)cc1. The minimum Gasteiger partial charge on any atom is -0.483 e. The summed E-state index contributed by atoms with van der Waals surface area (Å²) in [4.78, 5) is 24.7. The van der Waals surface area contributed by atoms with E-state index in [0.717, 1.165) is 12.8 Å². The van der Waals surface area contributed by atoms with Crippen LogP contribution in [0.2, 0.25) is 0 Å². The van der Waals surface area contributed by atoms with E-state index in [2.05, 4.69) is 5.32 Å². The first kappa shape index (κ1) is 15.1. The van der Waals surface area contributed by atoms with Crippen LogP contribution in [0.3, 0.4) is 0 Å². The van der Waals surface area contributed by atoms with Gasteiger partial charge in [0.05, 0.1) is 9.35 Å². The maximum Gasteiger partial charge on any atom is 0.408 e. The van der Waals surface area contributed by atoms with Crippen molar-refractivity contribution in [3.63, 3.8) is 0 Å². The van der Waals surface area contributed by atoms with Crippen LogP contribution in [0.1, 0.15) is 46.0 Å². The van der Waals surface area contributed by atoms with Gasteiger partial charge in [-0.15, -0.1) is 11.8 Å². The van der Waals surface area contributed by atoms with Crippen LogP contribution in [0, 0.1) is 5.92 Å². The molecule has 1 N–H and O–H groups in total. The molecule has 0 saturated heterocycles. The van der Waals surface area contributed by atoms with Gasteiger partial charge in [0, 0.05) is 10.5 Å². The molecule has 1 aliphatic rings. The fourth-order valence-corrected chi connectivity index (χ4v) is 2.36. The second-order valence-corrected chi connectivity index (χ2v) is 7.78. The zero-order valence-electron chi connectivity index (χ0n) is 20.7. The fraction of sp³-hybridized carbons (Fsp3) is 0.600. The van der Waals surface area contributed by atoms with Crippen molar-refractivity contribution in [2.75, 3.05) is 18.7 Å². The lowest BCUT2D eigenvalue weighted by atomic mass is 10.1. The molecule has 0 spiro atoms. The van der Waals surface area contributed by atoms with E-state index < -0.39 is 35.8 Å². The lowest BCUT2D eigenvalue weighted by Crippen LogP contribution is -2.45. The molecule has 1 aromatic rings. The van der Waals surface area contributed by atoms with Crippen molar-refractivity contribution in [1.82, 2.24) is 5.32 Å². The molecule has 6 nitrogen and oxygen atoms in total. The van der Waals surface area contributed by atoms with Gasteiger partial charge in [-0.25, -0.2) is 9.59 Å². The number of carbonyl (C=O) groups excluding carboxylic acids is 2. The summed E-state index contributed by atoms with van der Waals surface area (Å²) in [7, 11) is 0. The van der Waals surface area contributed by atoms with E-state index >= 15 is 0 Å². The molecule has 0 aromatic heterocycles. The van der Waals surface area contributed by atoms with Crippen LogP contribution in [-0.4, -0.2) is 42.4 Å². The molecule has 1 atom stereocenters. The maximum absolute atomic E-state index is 12.5. The first-order valence-corrected chi connectivity index (χ1v) is 9.58. The van der Waals surface area contributed by atoms with Gasteiger partial charge in [-0.05, 0) is 63.4 Å². The van der Waals surface area contributed by atoms with Gasteiger partial charge >= 0.3 is 12.1 Å². The molecule has 2 rings (SSSR count). The molecule has 0 radical (unpaired) electrons. The number of nitrogens with one attached hydrogen (secondary N) is 1. The Morgan fingerprint density at radius 1 is 1.33 bits per heavy atom. The number of carbonyl (C=O) groups is 2. The van der Waals surface area contributed by atoms with Gasteiger partial charge in [-0.1, -0.05) is 12.1 Å². The number of ether oxygens (including phenoxy) is 3. The van der Waals surface area contributed by atoms with Crippen LogP contribution in [0.15, 0.2) is 24.3 Å². The predicted octanol–water partition coefficient (Wildman–Crippen LogP) is 3.77. The summed E-state index contributed by atoms with van der Waals surface area (Å²) < 4.78 is 52.6. The number of esters is 1. The number of hydrogen-bond donors (Lipinski definition) is 1. The van der Waals surface area contributed by atoms with Gasteiger partial charge in [-0.3, -0.25) is 0 Å². The van der Waals surface area contributed by atoms with Crippen molar-refractivity contribution in [1.29, 1.82) is 0 Å². The Kier molecular flexibility index (Phi) is 5.52. The summed E-state index contributed by atoms with van der Waals surface area (Å²) in [6.07, 6.45) is -1.12. The minimum atomic E-state index is -2.55. The van der Waals surface area contributed by atoms with Crippen LogP contribution in [-0.2, 0) is 20.7 Å². The van der Waals surface area contributed by atoms with Crippen molar-refractivity contribution in [2.45, 2.75) is 51.7 Å². The largest absolute Gasteiger partial charge is 0.483 e. The molecule has 150 valence electrons. The Hall–Kier alpha value is -1.89. The normalized spacial score (nSPS) is 18.7. The summed E-state index contributed by atoms with van der Waals surface area (Å²) in [6, 6.07) is 5.17. The highest BCUT2D eigenvalue weighted by molar-refractivity contribution is 7.98. The average Bonchev–Trinajstić information content (AvgIpc) is 3.41. The van der Waals surface area contributed by atoms with Crippen molar-refractivity contribution >= 4 is 23.8 Å². The Labute approximate surface area is 172 Å². The fourth-order valence-electron chi connectivity index (χ4n) is 2.23. The molecule has 1 fully saturated rings. The van der Waals surface area contributed by atoms with Crippen molar-refractivity contribution in [3.05, 3.63) is 29.8 Å². The standard InChI is InChI=1S/C20H29NO5S/c1-20(2,3)26-19(23)21-17(18(22)24-12-15-5-6-15)11-14-7-9-16(10-8-14)25-13-27-4/h7-10,15,17H,5-6,11-13H2,1-4H3,(H,21,23)/t17-/m1/s1/i4D3,13D2. The van der Waals surface area contributed by atoms with Crippen molar-refractivity contribution in [2.24, 2.45) is 5.92 Å². The van der Waals surface area contributed by atoms with E-state index in [9.17, 15) is 9.59 Å². The molecule has 0 unspecified atom stereocenters. The van der Waals surface area contributed by atoms with Gasteiger partial charge in [0.25, 0.3) is 0 Å². The second-order valence-electron chi connectivity index (χ2n) is 7.41. The lowest BCUT2D eigenvalue weighted by molar-refractivity contribution is -0.146. The third-order valence-corrected chi connectivity index (χ3v) is 3.86. The molecule has 1 aliphatic carbocycles. The molecule has 7 heteroatoms. The Balaban J connectivity index is 2.03. The predicted molar refractivity (Wildman–Crippen MR) is 106 cm³/mol. The van der Waals surface area contributed by atoms with Gasteiger partial charge < -0.3 is 19.5 Å². The molecule has 1 amide bonds. The highest BCUT2D eigenvalue weighted by Crippen LogP contribution is 2.29. The summed E-state index contributed by atoms with van der Waals surface area (Å²) in [5, 5.41) is 2.55. The summed E-state index contributed by atoms with van der Waals surface area (Å²) in [6.45, 7) is 5.47. The first-order valence-electron chi connectivity index (χ1n) is 11.3. The molecule has 27 heavy (non-hydrogen) atoms. The van der Waals surface area contributed by atoms with Crippen LogP contribution in [0.4, 0.5) is 4.79 Å². The molecule has 1 aromatic carbocycles. The summed E-state index contributed by atoms with van der Waals surface area (Å²) in [5.41, 5.74) is -0.0667. The number of benzene rings is 1. The number of alkyl carbamates (subject to hydrolysis) is 1. The van der Waals surface area contributed by atoms with Crippen molar-refractivity contribution in [3.8, 4) is 5.75 Å². The zero-order chi connectivity index (χ0) is 24.2. The van der Waals surface area contributed by atoms with Crippen LogP contribution < -0.4 is 10.1 Å². The van der Waals surface area contributed by atoms with E-state index in [-0.39, 0.29) is 23.9 Å². The van der Waals surface area contributed by atoms with Crippen LogP contribution >= 0.6 is 11.8 Å². The van der Waals surface area contributed by atoms with E-state index in [4.69, 9.17) is 21.1 Å². The molecular formula is C20H29NO5S. The van der Waals surface area contributed by atoms with Crippen LogP contribution in [0.5, 0.6) is 5.75 Å². The quantitative estimate of drug-likeness (QED) is 0.502. The van der Waals surface area contributed by atoms with Gasteiger partial charge in [-0.2, -0.15) is 0 Å². The minimum absolute atomic E-state index is 0.0852. The zero-order valence-corrected chi connectivity index (χ0v) is 16.6. The van der Waals surface area contributed by atoms with E-state index in [1.807, 2.05) is 0 Å².